The quantitative estimate of drug-likeness (QED) is 0.532. The number of fused-ring (bicyclic) bond motifs is 1. The Morgan fingerprint density at radius 1 is 1.36 bits per heavy atom. The van der Waals surface area contributed by atoms with Gasteiger partial charge in [-0.1, -0.05) is 36.0 Å². The zero-order valence-corrected chi connectivity index (χ0v) is 8.03. The van der Waals surface area contributed by atoms with Crippen molar-refractivity contribution in [3.05, 3.63) is 41.5 Å². The molecule has 0 saturated carbocycles. The maximum atomic E-state index is 8.83. The van der Waals surface area contributed by atoms with Crippen molar-refractivity contribution >= 4 is 11.8 Å². The summed E-state index contributed by atoms with van der Waals surface area (Å²) < 4.78 is 0. The lowest BCUT2D eigenvalue weighted by Crippen LogP contribution is -2.11. The monoisotopic (exact) mass is 187 g/mol. The van der Waals surface area contributed by atoms with Crippen LogP contribution in [0.3, 0.4) is 0 Å². The highest BCUT2D eigenvalue weighted by molar-refractivity contribution is 6.02. The van der Waals surface area contributed by atoms with Crippen LogP contribution >= 0.6 is 0 Å². The molecule has 1 aromatic carbocycles. The summed E-state index contributed by atoms with van der Waals surface area (Å²) in [6.45, 7) is 3.74. The van der Waals surface area contributed by atoms with Gasteiger partial charge in [0.05, 0.1) is 5.71 Å². The van der Waals surface area contributed by atoms with Crippen LogP contribution in [0, 0.1) is 0 Å². The maximum absolute atomic E-state index is 8.83. The normalized spacial score (nSPS) is 17.9. The van der Waals surface area contributed by atoms with Crippen molar-refractivity contribution in [3.63, 3.8) is 0 Å². The molecule has 0 saturated heterocycles. The Kier molecular flexibility index (Phi) is 2.35. The Balaban J connectivity index is 2.51. The first-order valence-corrected chi connectivity index (χ1v) is 4.82. The zero-order chi connectivity index (χ0) is 9.97. The Hall–Kier alpha value is -1.57. The van der Waals surface area contributed by atoms with E-state index >= 15 is 0 Å². The molecule has 0 atom stereocenters. The highest BCUT2D eigenvalue weighted by Crippen LogP contribution is 2.23. The molecule has 0 heterocycles. The summed E-state index contributed by atoms with van der Waals surface area (Å²) >= 11 is 0. The van der Waals surface area contributed by atoms with Crippen LogP contribution < -0.4 is 0 Å². The number of rotatable bonds is 1. The average Bonchev–Trinajstić information content (AvgIpc) is 2.27. The fraction of sp³-hybridized carbons (Fsp3) is 0.250. The number of aryl methyl sites for hydroxylation is 1. The lowest BCUT2D eigenvalue weighted by Gasteiger charge is -2.16. The molecule has 1 aliphatic carbocycles. The molecule has 0 bridgehead atoms. The summed E-state index contributed by atoms with van der Waals surface area (Å²) in [6.07, 6.45) is 4.84. The van der Waals surface area contributed by atoms with Crippen molar-refractivity contribution in [1.82, 2.24) is 0 Å². The van der Waals surface area contributed by atoms with E-state index in [0.717, 1.165) is 36.1 Å². The molecule has 0 aliphatic heterocycles. The molecular formula is C12H13NO. The van der Waals surface area contributed by atoms with Crippen molar-refractivity contribution in [1.29, 1.82) is 0 Å². The summed E-state index contributed by atoms with van der Waals surface area (Å²) in [6, 6.07) is 6.13. The summed E-state index contributed by atoms with van der Waals surface area (Å²) in [7, 11) is 0. The van der Waals surface area contributed by atoms with E-state index in [2.05, 4.69) is 17.8 Å². The second kappa shape index (κ2) is 3.66. The van der Waals surface area contributed by atoms with Gasteiger partial charge in [0.25, 0.3) is 0 Å². The van der Waals surface area contributed by atoms with E-state index in [-0.39, 0.29) is 0 Å². The summed E-state index contributed by atoms with van der Waals surface area (Å²) in [5, 5.41) is 12.2. The smallest absolute Gasteiger partial charge is 0.0870 e. The van der Waals surface area contributed by atoms with Crippen LogP contribution in [-0.4, -0.2) is 10.9 Å². The highest BCUT2D eigenvalue weighted by atomic mass is 16.4. The van der Waals surface area contributed by atoms with Crippen LogP contribution in [0.5, 0.6) is 0 Å². The van der Waals surface area contributed by atoms with E-state index in [1.54, 1.807) is 0 Å². The molecule has 0 radical (unpaired) electrons. The third-order valence-corrected chi connectivity index (χ3v) is 2.66. The number of nitrogens with zero attached hydrogens (tertiary/aromatic N) is 1. The molecule has 0 aromatic heterocycles. The Bertz CT molecular complexity index is 393. The third kappa shape index (κ3) is 1.43. The van der Waals surface area contributed by atoms with E-state index in [1.165, 1.54) is 5.56 Å². The number of oxime groups is 1. The molecule has 0 unspecified atom stereocenters. The molecule has 0 amide bonds. The first kappa shape index (κ1) is 9.00. The van der Waals surface area contributed by atoms with E-state index in [4.69, 9.17) is 5.21 Å². The van der Waals surface area contributed by atoms with E-state index in [9.17, 15) is 0 Å². The summed E-state index contributed by atoms with van der Waals surface area (Å²) in [5.41, 5.74) is 4.29. The van der Waals surface area contributed by atoms with Crippen LogP contribution in [0.1, 0.15) is 29.5 Å². The number of benzene rings is 1. The van der Waals surface area contributed by atoms with Crippen LogP contribution in [-0.2, 0) is 6.42 Å². The fourth-order valence-electron chi connectivity index (χ4n) is 1.91. The first-order valence-electron chi connectivity index (χ1n) is 4.82. The molecule has 2 nitrogen and oxygen atoms in total. The van der Waals surface area contributed by atoms with Gasteiger partial charge < -0.3 is 5.21 Å². The Labute approximate surface area is 83.6 Å². The Morgan fingerprint density at radius 2 is 2.21 bits per heavy atom. The average molecular weight is 187 g/mol. The van der Waals surface area contributed by atoms with E-state index < -0.39 is 0 Å². The minimum atomic E-state index is 0.807. The fourth-order valence-corrected chi connectivity index (χ4v) is 1.91. The van der Waals surface area contributed by atoms with Crippen LogP contribution in [0.25, 0.3) is 6.08 Å². The first-order chi connectivity index (χ1) is 6.85. The minimum absolute atomic E-state index is 0.807. The molecule has 2 rings (SSSR count). The van der Waals surface area contributed by atoms with Crippen LogP contribution in [0.15, 0.2) is 29.9 Å². The van der Waals surface area contributed by atoms with Crippen molar-refractivity contribution in [3.8, 4) is 0 Å². The number of hydrogen-bond acceptors (Lipinski definition) is 2. The van der Waals surface area contributed by atoms with Gasteiger partial charge in [0.15, 0.2) is 0 Å². The topological polar surface area (TPSA) is 32.6 Å². The van der Waals surface area contributed by atoms with E-state index in [0.29, 0.717) is 0 Å². The molecule has 1 N–H and O–H groups in total. The van der Waals surface area contributed by atoms with E-state index in [1.807, 2.05) is 18.2 Å². The molecule has 1 aliphatic rings. The van der Waals surface area contributed by atoms with Gasteiger partial charge in [0, 0.05) is 5.56 Å². The van der Waals surface area contributed by atoms with Gasteiger partial charge in [-0.25, -0.2) is 0 Å². The SMILES string of the molecule is C=Cc1ccc2c(c1)CCCC2=NO. The lowest BCUT2D eigenvalue weighted by atomic mass is 9.89. The predicted octanol–water partition coefficient (Wildman–Crippen LogP) is 2.84. The molecule has 1 aromatic rings. The van der Waals surface area contributed by atoms with Gasteiger partial charge in [0.2, 0.25) is 0 Å². The molecule has 72 valence electrons. The van der Waals surface area contributed by atoms with Crippen molar-refractivity contribution in [2.75, 3.05) is 0 Å². The molecule has 2 heteroatoms. The molecular weight excluding hydrogens is 174 g/mol. The maximum Gasteiger partial charge on any atom is 0.0870 e. The zero-order valence-electron chi connectivity index (χ0n) is 8.03. The Morgan fingerprint density at radius 3 is 2.93 bits per heavy atom. The van der Waals surface area contributed by atoms with Gasteiger partial charge in [0.1, 0.15) is 0 Å². The van der Waals surface area contributed by atoms with Crippen LogP contribution in [0.4, 0.5) is 0 Å². The van der Waals surface area contributed by atoms with Gasteiger partial charge >= 0.3 is 0 Å². The molecule has 0 fully saturated rings. The van der Waals surface area contributed by atoms with Crippen molar-refractivity contribution in [2.24, 2.45) is 5.16 Å². The largest absolute Gasteiger partial charge is 0.411 e. The van der Waals surface area contributed by atoms with Crippen molar-refractivity contribution < 1.29 is 5.21 Å². The standard InChI is InChI=1S/C12H13NO/c1-2-9-6-7-11-10(8-9)4-3-5-12(11)13-14/h2,6-8,14H,1,3-5H2. The van der Waals surface area contributed by atoms with Gasteiger partial charge in [-0.05, 0) is 30.4 Å². The third-order valence-electron chi connectivity index (χ3n) is 2.66. The lowest BCUT2D eigenvalue weighted by molar-refractivity contribution is 0.317. The molecule has 0 spiro atoms. The predicted molar refractivity (Wildman–Crippen MR) is 57.8 cm³/mol. The summed E-state index contributed by atoms with van der Waals surface area (Å²) in [5.74, 6) is 0. The van der Waals surface area contributed by atoms with Gasteiger partial charge in [-0.3, -0.25) is 0 Å². The second-order valence-corrected chi connectivity index (χ2v) is 3.52. The molecule has 14 heavy (non-hydrogen) atoms. The second-order valence-electron chi connectivity index (χ2n) is 3.52. The number of hydrogen-bond donors (Lipinski definition) is 1. The highest BCUT2D eigenvalue weighted by Gasteiger charge is 2.15. The minimum Gasteiger partial charge on any atom is -0.411 e. The van der Waals surface area contributed by atoms with Crippen molar-refractivity contribution in [2.45, 2.75) is 19.3 Å². The van der Waals surface area contributed by atoms with Gasteiger partial charge in [-0.2, -0.15) is 0 Å². The van der Waals surface area contributed by atoms with Gasteiger partial charge in [-0.15, -0.1) is 0 Å². The summed E-state index contributed by atoms with van der Waals surface area (Å²) in [4.78, 5) is 0. The van der Waals surface area contributed by atoms with Crippen LogP contribution in [0.2, 0.25) is 0 Å².